The molecule has 0 aliphatic rings. The molecule has 6 heteroatoms. The lowest BCUT2D eigenvalue weighted by Gasteiger charge is -2.18. The molecule has 0 aromatic heterocycles. The van der Waals surface area contributed by atoms with Gasteiger partial charge >= 0.3 is 17.9 Å². The number of allylic oxidation sites excluding steroid dienone is 10. The molecule has 0 aromatic carbocycles. The summed E-state index contributed by atoms with van der Waals surface area (Å²) in [6.45, 7) is 6.54. The van der Waals surface area contributed by atoms with Crippen molar-refractivity contribution in [3.63, 3.8) is 0 Å². The first-order chi connectivity index (χ1) is 33.0. The van der Waals surface area contributed by atoms with E-state index in [0.29, 0.717) is 19.3 Å². The van der Waals surface area contributed by atoms with Gasteiger partial charge in [-0.25, -0.2) is 0 Å². The summed E-state index contributed by atoms with van der Waals surface area (Å²) in [5.41, 5.74) is 0. The van der Waals surface area contributed by atoms with Crippen molar-refractivity contribution < 1.29 is 28.6 Å². The number of hydrogen-bond donors (Lipinski definition) is 0. The van der Waals surface area contributed by atoms with Crippen LogP contribution in [-0.2, 0) is 28.6 Å². The van der Waals surface area contributed by atoms with Crippen molar-refractivity contribution in [3.8, 4) is 0 Å². The molecule has 0 heterocycles. The molecule has 0 saturated heterocycles. The highest BCUT2D eigenvalue weighted by molar-refractivity contribution is 5.71. The number of rotatable bonds is 52. The molecule has 0 aliphatic carbocycles. The lowest BCUT2D eigenvalue weighted by Crippen LogP contribution is -2.30. The Balaban J connectivity index is 4.24. The quantitative estimate of drug-likeness (QED) is 0.0262. The van der Waals surface area contributed by atoms with Gasteiger partial charge < -0.3 is 14.2 Å². The highest BCUT2D eigenvalue weighted by Crippen LogP contribution is 2.16. The first-order valence-corrected chi connectivity index (χ1v) is 28.8. The lowest BCUT2D eigenvalue weighted by molar-refractivity contribution is -0.167. The second-order valence-corrected chi connectivity index (χ2v) is 19.2. The van der Waals surface area contributed by atoms with Gasteiger partial charge in [-0.15, -0.1) is 0 Å². The fourth-order valence-corrected chi connectivity index (χ4v) is 8.24. The van der Waals surface area contributed by atoms with E-state index in [2.05, 4.69) is 81.5 Å². The van der Waals surface area contributed by atoms with Crippen molar-refractivity contribution in [1.29, 1.82) is 0 Å². The third-order valence-electron chi connectivity index (χ3n) is 12.5. The molecule has 0 aromatic rings. The van der Waals surface area contributed by atoms with Gasteiger partial charge in [-0.3, -0.25) is 14.4 Å². The fraction of sp³-hybridized carbons (Fsp3) is 0.787. The second-order valence-electron chi connectivity index (χ2n) is 19.2. The van der Waals surface area contributed by atoms with E-state index < -0.39 is 6.10 Å². The smallest absolute Gasteiger partial charge is 0.306 e. The molecule has 0 rings (SSSR count). The second kappa shape index (κ2) is 55.7. The number of carbonyl (C=O) groups excluding carboxylic acids is 3. The fourth-order valence-electron chi connectivity index (χ4n) is 8.24. The summed E-state index contributed by atoms with van der Waals surface area (Å²) in [7, 11) is 0. The maximum atomic E-state index is 12.8. The summed E-state index contributed by atoms with van der Waals surface area (Å²) >= 11 is 0. The van der Waals surface area contributed by atoms with Crippen LogP contribution in [0.2, 0.25) is 0 Å². The van der Waals surface area contributed by atoms with E-state index in [4.69, 9.17) is 14.2 Å². The number of hydrogen-bond acceptors (Lipinski definition) is 6. The van der Waals surface area contributed by atoms with Gasteiger partial charge in [0.05, 0.1) is 0 Å². The first-order valence-electron chi connectivity index (χ1n) is 28.8. The zero-order valence-corrected chi connectivity index (χ0v) is 44.4. The van der Waals surface area contributed by atoms with E-state index in [9.17, 15) is 14.4 Å². The van der Waals surface area contributed by atoms with Crippen LogP contribution in [-0.4, -0.2) is 37.2 Å². The molecule has 0 saturated carbocycles. The van der Waals surface area contributed by atoms with Gasteiger partial charge in [-0.05, 0) is 64.2 Å². The molecule has 1 unspecified atom stereocenters. The molecule has 67 heavy (non-hydrogen) atoms. The number of unbranched alkanes of at least 4 members (excludes halogenated alkanes) is 31. The van der Waals surface area contributed by atoms with Crippen LogP contribution in [0.15, 0.2) is 60.8 Å². The maximum absolute atomic E-state index is 12.8. The highest BCUT2D eigenvalue weighted by Gasteiger charge is 2.19. The third kappa shape index (κ3) is 53.9. The molecule has 1 atom stereocenters. The molecule has 0 aliphatic heterocycles. The van der Waals surface area contributed by atoms with Crippen molar-refractivity contribution >= 4 is 17.9 Å². The summed E-state index contributed by atoms with van der Waals surface area (Å²) in [5.74, 6) is -0.866. The predicted molar refractivity (Wildman–Crippen MR) is 288 cm³/mol. The molecule has 388 valence electrons. The van der Waals surface area contributed by atoms with Crippen molar-refractivity contribution in [3.05, 3.63) is 60.8 Å². The summed E-state index contributed by atoms with van der Waals surface area (Å²) in [5, 5.41) is 0. The minimum absolute atomic E-state index is 0.0715. The van der Waals surface area contributed by atoms with Crippen molar-refractivity contribution in [2.75, 3.05) is 13.2 Å². The van der Waals surface area contributed by atoms with E-state index in [0.717, 1.165) is 96.3 Å². The normalized spacial score (nSPS) is 12.5. The van der Waals surface area contributed by atoms with Crippen molar-refractivity contribution in [1.82, 2.24) is 0 Å². The summed E-state index contributed by atoms with van der Waals surface area (Å²) in [6.07, 6.45) is 69.3. The average Bonchev–Trinajstić information content (AvgIpc) is 3.33. The van der Waals surface area contributed by atoms with Crippen LogP contribution in [0.3, 0.4) is 0 Å². The van der Waals surface area contributed by atoms with Gasteiger partial charge in [0.25, 0.3) is 0 Å². The Morgan fingerprint density at radius 2 is 0.582 bits per heavy atom. The molecule has 0 fully saturated rings. The Bertz CT molecular complexity index is 1210. The first kappa shape index (κ1) is 64.1. The number of carbonyl (C=O) groups is 3. The van der Waals surface area contributed by atoms with Gasteiger partial charge in [0.1, 0.15) is 13.2 Å². The molecule has 0 N–H and O–H groups in total. The van der Waals surface area contributed by atoms with E-state index in [1.54, 1.807) is 0 Å². The largest absolute Gasteiger partial charge is 0.462 e. The highest BCUT2D eigenvalue weighted by atomic mass is 16.6. The molecule has 0 bridgehead atoms. The number of esters is 3. The molecule has 0 spiro atoms. The van der Waals surface area contributed by atoms with E-state index in [-0.39, 0.29) is 31.1 Å². The van der Waals surface area contributed by atoms with Crippen LogP contribution in [0, 0.1) is 0 Å². The Kier molecular flexibility index (Phi) is 53.3. The van der Waals surface area contributed by atoms with Crippen LogP contribution >= 0.6 is 0 Å². The average molecular weight is 938 g/mol. The third-order valence-corrected chi connectivity index (χ3v) is 12.5. The Labute approximate surface area is 415 Å². The number of ether oxygens (including phenoxy) is 3. The summed E-state index contributed by atoms with van der Waals surface area (Å²) in [6, 6.07) is 0. The lowest BCUT2D eigenvalue weighted by atomic mass is 10.0. The molecule has 0 amide bonds. The SMILES string of the molecule is CC/C=C\C/C=C\C/C=C\C/C=C\C/C=C\CCCCCCCCCCCC(=O)OCC(COC(=O)CCCCCCCCCCCCCC)OC(=O)CCCCCCCCCCCCCC. The van der Waals surface area contributed by atoms with Crippen LogP contribution in [0.25, 0.3) is 0 Å². The summed E-state index contributed by atoms with van der Waals surface area (Å²) in [4.78, 5) is 38.1. The predicted octanol–water partition coefficient (Wildman–Crippen LogP) is 19.2. The van der Waals surface area contributed by atoms with Crippen molar-refractivity contribution in [2.24, 2.45) is 0 Å². The Morgan fingerprint density at radius 3 is 0.910 bits per heavy atom. The van der Waals surface area contributed by atoms with Crippen LogP contribution in [0.4, 0.5) is 0 Å². The Morgan fingerprint density at radius 1 is 0.313 bits per heavy atom. The Hall–Kier alpha value is -2.89. The summed E-state index contributed by atoms with van der Waals surface area (Å²) < 4.78 is 16.8. The zero-order valence-electron chi connectivity index (χ0n) is 44.4. The molecule has 6 nitrogen and oxygen atoms in total. The van der Waals surface area contributed by atoms with Crippen molar-refractivity contribution in [2.45, 2.75) is 297 Å². The van der Waals surface area contributed by atoms with Crippen LogP contribution in [0.5, 0.6) is 0 Å². The molecular formula is C61H108O6. The standard InChI is InChI=1S/C61H108O6/c1-4-7-10-13-16-19-22-25-26-27-28-29-30-31-32-33-34-35-36-37-40-42-45-48-51-54-60(63)66-57-58(67-61(64)55-52-49-46-43-39-24-21-18-15-12-9-6-3)56-65-59(62)53-50-47-44-41-38-23-20-17-14-11-8-5-2/h7,10,16,19,25-26,28-29,31-32,58H,4-6,8-9,11-15,17-18,20-24,27,30,33-57H2,1-3H3/b10-7-,19-16-,26-25-,29-28-,32-31-. The maximum Gasteiger partial charge on any atom is 0.306 e. The minimum Gasteiger partial charge on any atom is -0.462 e. The monoisotopic (exact) mass is 937 g/mol. The van der Waals surface area contributed by atoms with Gasteiger partial charge in [-0.1, -0.05) is 268 Å². The van der Waals surface area contributed by atoms with E-state index in [1.807, 2.05) is 0 Å². The topological polar surface area (TPSA) is 78.9 Å². The van der Waals surface area contributed by atoms with Gasteiger partial charge in [0.2, 0.25) is 0 Å². The van der Waals surface area contributed by atoms with Gasteiger partial charge in [0, 0.05) is 19.3 Å². The van der Waals surface area contributed by atoms with Crippen LogP contribution < -0.4 is 0 Å². The molecule has 0 radical (unpaired) electrons. The minimum atomic E-state index is -0.771. The van der Waals surface area contributed by atoms with Crippen LogP contribution in [0.1, 0.15) is 290 Å². The van der Waals surface area contributed by atoms with Gasteiger partial charge in [0.15, 0.2) is 6.10 Å². The van der Waals surface area contributed by atoms with E-state index >= 15 is 0 Å². The zero-order chi connectivity index (χ0) is 48.6. The molecular weight excluding hydrogens is 829 g/mol. The van der Waals surface area contributed by atoms with E-state index in [1.165, 1.54) is 154 Å². The van der Waals surface area contributed by atoms with Gasteiger partial charge in [-0.2, -0.15) is 0 Å².